The van der Waals surface area contributed by atoms with Crippen LogP contribution in [0.2, 0.25) is 0 Å². The SMILES string of the molecule is C=C(C)C(NC(C)=O)C1CCCCC1. The molecule has 0 aliphatic heterocycles. The van der Waals surface area contributed by atoms with Gasteiger partial charge in [0, 0.05) is 6.92 Å². The van der Waals surface area contributed by atoms with Gasteiger partial charge in [0.05, 0.1) is 6.04 Å². The number of rotatable bonds is 3. The van der Waals surface area contributed by atoms with Crippen molar-refractivity contribution in [3.05, 3.63) is 12.2 Å². The van der Waals surface area contributed by atoms with Crippen molar-refractivity contribution in [3.63, 3.8) is 0 Å². The van der Waals surface area contributed by atoms with Gasteiger partial charge in [-0.05, 0) is 25.7 Å². The maximum absolute atomic E-state index is 11.0. The highest BCUT2D eigenvalue weighted by Crippen LogP contribution is 2.28. The predicted octanol–water partition coefficient (Wildman–Crippen LogP) is 2.65. The molecule has 0 heterocycles. The van der Waals surface area contributed by atoms with E-state index < -0.39 is 0 Å². The second-order valence-corrected chi connectivity index (χ2v) is 4.42. The van der Waals surface area contributed by atoms with Crippen LogP contribution in [0.15, 0.2) is 12.2 Å². The average Bonchev–Trinajstić information content (AvgIpc) is 2.15. The van der Waals surface area contributed by atoms with Crippen molar-refractivity contribution in [1.29, 1.82) is 0 Å². The van der Waals surface area contributed by atoms with Crippen molar-refractivity contribution in [1.82, 2.24) is 5.32 Å². The molecular formula is C12H21NO. The maximum Gasteiger partial charge on any atom is 0.217 e. The van der Waals surface area contributed by atoms with Gasteiger partial charge in [-0.2, -0.15) is 0 Å². The molecule has 2 nitrogen and oxygen atoms in total. The fourth-order valence-electron chi connectivity index (χ4n) is 2.33. The molecular weight excluding hydrogens is 174 g/mol. The Kier molecular flexibility index (Phi) is 4.18. The van der Waals surface area contributed by atoms with E-state index in [0.29, 0.717) is 5.92 Å². The average molecular weight is 195 g/mol. The lowest BCUT2D eigenvalue weighted by atomic mass is 9.81. The molecule has 1 aliphatic carbocycles. The summed E-state index contributed by atoms with van der Waals surface area (Å²) in [6, 6.07) is 0.202. The number of nitrogens with one attached hydrogen (secondary N) is 1. The van der Waals surface area contributed by atoms with Crippen LogP contribution in [0.5, 0.6) is 0 Å². The second-order valence-electron chi connectivity index (χ2n) is 4.42. The zero-order valence-corrected chi connectivity index (χ0v) is 9.31. The highest BCUT2D eigenvalue weighted by molar-refractivity contribution is 5.73. The fourth-order valence-corrected chi connectivity index (χ4v) is 2.33. The van der Waals surface area contributed by atoms with Gasteiger partial charge in [-0.3, -0.25) is 4.79 Å². The molecule has 0 radical (unpaired) electrons. The molecule has 0 aromatic heterocycles. The highest BCUT2D eigenvalue weighted by Gasteiger charge is 2.24. The summed E-state index contributed by atoms with van der Waals surface area (Å²) >= 11 is 0. The summed E-state index contributed by atoms with van der Waals surface area (Å²) in [6.45, 7) is 7.56. The smallest absolute Gasteiger partial charge is 0.217 e. The number of amides is 1. The zero-order chi connectivity index (χ0) is 10.6. The van der Waals surface area contributed by atoms with Gasteiger partial charge in [0.15, 0.2) is 0 Å². The molecule has 1 amide bonds. The molecule has 0 spiro atoms. The molecule has 1 aliphatic rings. The minimum Gasteiger partial charge on any atom is -0.350 e. The topological polar surface area (TPSA) is 29.1 Å². The third-order valence-corrected chi connectivity index (χ3v) is 3.01. The Bertz CT molecular complexity index is 216. The lowest BCUT2D eigenvalue weighted by Gasteiger charge is -2.31. The monoisotopic (exact) mass is 195 g/mol. The van der Waals surface area contributed by atoms with Gasteiger partial charge < -0.3 is 5.32 Å². The van der Waals surface area contributed by atoms with Crippen LogP contribution in [0.4, 0.5) is 0 Å². The van der Waals surface area contributed by atoms with Gasteiger partial charge in [0.2, 0.25) is 5.91 Å². The van der Waals surface area contributed by atoms with E-state index in [-0.39, 0.29) is 11.9 Å². The summed E-state index contributed by atoms with van der Waals surface area (Å²) in [5.74, 6) is 0.675. The van der Waals surface area contributed by atoms with E-state index in [1.54, 1.807) is 6.92 Å². The molecule has 0 saturated heterocycles. The van der Waals surface area contributed by atoms with E-state index >= 15 is 0 Å². The third kappa shape index (κ3) is 3.17. The van der Waals surface area contributed by atoms with Crippen molar-refractivity contribution >= 4 is 5.91 Å². The Balaban J connectivity index is 2.56. The van der Waals surface area contributed by atoms with E-state index in [9.17, 15) is 4.79 Å². The van der Waals surface area contributed by atoms with Crippen LogP contribution >= 0.6 is 0 Å². The Morgan fingerprint density at radius 3 is 2.29 bits per heavy atom. The first kappa shape index (κ1) is 11.3. The molecule has 0 aromatic rings. The maximum atomic E-state index is 11.0. The van der Waals surface area contributed by atoms with Gasteiger partial charge in [-0.1, -0.05) is 31.4 Å². The molecule has 14 heavy (non-hydrogen) atoms. The lowest BCUT2D eigenvalue weighted by Crippen LogP contribution is -2.40. The van der Waals surface area contributed by atoms with Crippen molar-refractivity contribution in [2.24, 2.45) is 5.92 Å². The quantitative estimate of drug-likeness (QED) is 0.689. The molecule has 1 N–H and O–H groups in total. The van der Waals surface area contributed by atoms with Gasteiger partial charge in [0.1, 0.15) is 0 Å². The van der Waals surface area contributed by atoms with E-state index in [1.807, 2.05) is 6.92 Å². The van der Waals surface area contributed by atoms with Gasteiger partial charge in [-0.25, -0.2) is 0 Å². The third-order valence-electron chi connectivity index (χ3n) is 3.01. The number of carbonyl (C=O) groups is 1. The Morgan fingerprint density at radius 1 is 1.29 bits per heavy atom. The Hall–Kier alpha value is -0.790. The number of carbonyl (C=O) groups excluding carboxylic acids is 1. The van der Waals surface area contributed by atoms with Gasteiger partial charge >= 0.3 is 0 Å². The summed E-state index contributed by atoms with van der Waals surface area (Å²) in [7, 11) is 0. The first-order valence-corrected chi connectivity index (χ1v) is 5.53. The molecule has 0 bridgehead atoms. The van der Waals surface area contributed by atoms with Crippen LogP contribution in [-0.4, -0.2) is 11.9 Å². The normalized spacial score (nSPS) is 20.1. The first-order valence-electron chi connectivity index (χ1n) is 5.53. The van der Waals surface area contributed by atoms with Crippen LogP contribution < -0.4 is 5.32 Å². The molecule has 0 aromatic carbocycles. The summed E-state index contributed by atoms with van der Waals surface area (Å²) < 4.78 is 0. The number of hydrogen-bond donors (Lipinski definition) is 1. The van der Waals surface area contributed by atoms with E-state index in [1.165, 1.54) is 32.1 Å². The van der Waals surface area contributed by atoms with E-state index in [4.69, 9.17) is 0 Å². The zero-order valence-electron chi connectivity index (χ0n) is 9.31. The van der Waals surface area contributed by atoms with Crippen molar-refractivity contribution in [2.75, 3.05) is 0 Å². The standard InChI is InChI=1S/C12H21NO/c1-9(2)12(13-10(3)14)11-7-5-4-6-8-11/h11-12H,1,4-8H2,2-3H3,(H,13,14). The van der Waals surface area contributed by atoms with E-state index in [2.05, 4.69) is 11.9 Å². The summed E-state index contributed by atoms with van der Waals surface area (Å²) in [6.07, 6.45) is 6.41. The van der Waals surface area contributed by atoms with Crippen molar-refractivity contribution in [3.8, 4) is 0 Å². The van der Waals surface area contributed by atoms with Crippen LogP contribution in [0, 0.1) is 5.92 Å². The van der Waals surface area contributed by atoms with Gasteiger partial charge in [-0.15, -0.1) is 0 Å². The van der Waals surface area contributed by atoms with Crippen molar-refractivity contribution < 1.29 is 4.79 Å². The summed E-state index contributed by atoms with van der Waals surface area (Å²) in [4.78, 5) is 11.0. The molecule has 80 valence electrons. The van der Waals surface area contributed by atoms with Crippen LogP contribution in [-0.2, 0) is 4.79 Å². The van der Waals surface area contributed by atoms with Crippen LogP contribution in [0.25, 0.3) is 0 Å². The molecule has 1 rings (SSSR count). The Labute approximate surface area is 86.8 Å². The largest absolute Gasteiger partial charge is 0.350 e. The number of hydrogen-bond acceptors (Lipinski definition) is 1. The van der Waals surface area contributed by atoms with Crippen molar-refractivity contribution in [2.45, 2.75) is 52.0 Å². The van der Waals surface area contributed by atoms with Crippen LogP contribution in [0.3, 0.4) is 0 Å². The first-order chi connectivity index (χ1) is 6.61. The highest BCUT2D eigenvalue weighted by atomic mass is 16.1. The fraction of sp³-hybridized carbons (Fsp3) is 0.750. The predicted molar refractivity (Wildman–Crippen MR) is 59.0 cm³/mol. The molecule has 1 atom stereocenters. The van der Waals surface area contributed by atoms with Crippen LogP contribution in [0.1, 0.15) is 46.0 Å². The van der Waals surface area contributed by atoms with E-state index in [0.717, 1.165) is 5.57 Å². The Morgan fingerprint density at radius 2 is 1.86 bits per heavy atom. The lowest BCUT2D eigenvalue weighted by molar-refractivity contribution is -0.119. The minimum atomic E-state index is 0.0589. The molecule has 1 saturated carbocycles. The second kappa shape index (κ2) is 5.18. The minimum absolute atomic E-state index is 0.0589. The molecule has 1 unspecified atom stereocenters. The summed E-state index contributed by atoms with van der Waals surface area (Å²) in [5.41, 5.74) is 1.09. The molecule has 1 fully saturated rings. The van der Waals surface area contributed by atoms with Gasteiger partial charge in [0.25, 0.3) is 0 Å². The summed E-state index contributed by atoms with van der Waals surface area (Å²) in [5, 5.41) is 3.01. The molecule has 2 heteroatoms.